The lowest BCUT2D eigenvalue weighted by Gasteiger charge is -1.97. The zero-order valence-corrected chi connectivity index (χ0v) is 10.9. The summed E-state index contributed by atoms with van der Waals surface area (Å²) in [6.45, 7) is 4.51. The summed E-state index contributed by atoms with van der Waals surface area (Å²) in [6.07, 6.45) is 0. The molecule has 82 valence electrons. The van der Waals surface area contributed by atoms with Gasteiger partial charge in [0.05, 0.1) is 7.11 Å². The van der Waals surface area contributed by atoms with E-state index in [9.17, 15) is 0 Å². The number of hydrogen-bond acceptors (Lipinski definition) is 2. The van der Waals surface area contributed by atoms with Crippen LogP contribution in [0.25, 0.3) is 0 Å². The molecule has 0 aliphatic carbocycles. The molecule has 0 fully saturated rings. The topological polar surface area (TPSA) is 18.5 Å². The van der Waals surface area contributed by atoms with E-state index in [0.717, 1.165) is 5.56 Å². The number of alkyl halides is 1. The van der Waals surface area contributed by atoms with Gasteiger partial charge in [-0.25, -0.2) is 9.78 Å². The van der Waals surface area contributed by atoms with Crippen molar-refractivity contribution in [3.63, 3.8) is 0 Å². The molecule has 2 nitrogen and oxygen atoms in total. The van der Waals surface area contributed by atoms with Crippen LogP contribution in [0.15, 0.2) is 30.3 Å². The highest BCUT2D eigenvalue weighted by molar-refractivity contribution is 9.08. The zero-order valence-electron chi connectivity index (χ0n) is 9.29. The minimum Gasteiger partial charge on any atom is -0.240 e. The van der Waals surface area contributed by atoms with Crippen molar-refractivity contribution in [2.75, 3.05) is 12.9 Å². The number of rotatable bonds is 3. The summed E-state index contributed by atoms with van der Waals surface area (Å²) in [5, 5.41) is 0. The van der Waals surface area contributed by atoms with Gasteiger partial charge in [-0.15, -0.1) is 0 Å². The molecule has 1 aromatic rings. The first-order chi connectivity index (χ1) is 6.93. The van der Waals surface area contributed by atoms with E-state index in [0.29, 0.717) is 6.61 Å². The molecular weight excluding hydrogens is 244 g/mol. The number of halogens is 1. The molecule has 1 aromatic carbocycles. The Kier molecular flexibility index (Phi) is 17.3. The average molecular weight is 263 g/mol. The molecular formula is C11H19BrO2. The normalized spacial score (nSPS) is 7.79. The Labute approximate surface area is 95.3 Å². The predicted octanol–water partition coefficient (Wildman–Crippen LogP) is 3.80. The van der Waals surface area contributed by atoms with E-state index in [1.807, 2.05) is 50.0 Å². The minimum absolute atomic E-state index is 0.511. The van der Waals surface area contributed by atoms with E-state index >= 15 is 0 Å². The molecule has 3 heteroatoms. The van der Waals surface area contributed by atoms with Crippen molar-refractivity contribution >= 4 is 15.9 Å². The lowest BCUT2D eigenvalue weighted by molar-refractivity contribution is -0.282. The second kappa shape index (κ2) is 15.1. The quantitative estimate of drug-likeness (QED) is 0.469. The molecule has 0 radical (unpaired) electrons. The maximum atomic E-state index is 4.72. The molecule has 0 amide bonds. The summed E-state index contributed by atoms with van der Waals surface area (Å²) in [5.74, 6) is 1.81. The van der Waals surface area contributed by atoms with Gasteiger partial charge in [-0.3, -0.25) is 0 Å². The lowest BCUT2D eigenvalue weighted by atomic mass is 10.2. The van der Waals surface area contributed by atoms with Gasteiger partial charge in [-0.1, -0.05) is 60.1 Å². The Hall–Kier alpha value is -0.380. The Bertz CT molecular complexity index is 178. The summed E-state index contributed by atoms with van der Waals surface area (Å²) in [4.78, 5) is 9.17. The van der Waals surface area contributed by atoms with Crippen molar-refractivity contribution in [1.82, 2.24) is 0 Å². The molecule has 1 rings (SSSR count). The summed E-state index contributed by atoms with van der Waals surface area (Å²) >= 11 is 2.94. The maximum Gasteiger partial charge on any atom is 0.107 e. The van der Waals surface area contributed by atoms with Crippen LogP contribution in [0.4, 0.5) is 0 Å². The van der Waals surface area contributed by atoms with Crippen LogP contribution in [-0.4, -0.2) is 12.9 Å². The molecule has 0 aromatic heterocycles. The molecule has 0 spiro atoms. The van der Waals surface area contributed by atoms with Gasteiger partial charge >= 0.3 is 0 Å². The molecule has 0 heterocycles. The molecule has 0 saturated heterocycles. The summed E-state index contributed by atoms with van der Waals surface area (Å²) in [6, 6.07) is 9.87. The second-order valence-corrected chi connectivity index (χ2v) is 1.91. The molecule has 0 N–H and O–H groups in total. The third-order valence-corrected chi connectivity index (χ3v) is 1.19. The van der Waals surface area contributed by atoms with Crippen molar-refractivity contribution in [3.8, 4) is 0 Å². The molecule has 0 bridgehead atoms. The van der Waals surface area contributed by atoms with Gasteiger partial charge in [-0.05, 0) is 11.4 Å². The minimum atomic E-state index is 0.511. The highest BCUT2D eigenvalue weighted by Gasteiger charge is 1.87. The van der Waals surface area contributed by atoms with E-state index in [4.69, 9.17) is 4.89 Å². The van der Waals surface area contributed by atoms with Gasteiger partial charge in [0, 0.05) is 0 Å². The summed E-state index contributed by atoms with van der Waals surface area (Å²) in [5.41, 5.74) is 1.12. The van der Waals surface area contributed by atoms with Crippen LogP contribution >= 0.6 is 15.9 Å². The Morgan fingerprint density at radius 1 is 1.07 bits per heavy atom. The van der Waals surface area contributed by atoms with Crippen molar-refractivity contribution in [2.45, 2.75) is 20.5 Å². The SMILES string of the molecule is CBr.CC.COOCc1ccccc1. The fourth-order valence-electron chi connectivity index (χ4n) is 0.701. The largest absolute Gasteiger partial charge is 0.240 e. The Balaban J connectivity index is 0. The molecule has 0 aliphatic heterocycles. The van der Waals surface area contributed by atoms with Crippen LogP contribution in [-0.2, 0) is 16.4 Å². The van der Waals surface area contributed by atoms with E-state index in [1.54, 1.807) is 0 Å². The van der Waals surface area contributed by atoms with Gasteiger partial charge in [0.1, 0.15) is 6.61 Å². The van der Waals surface area contributed by atoms with Crippen LogP contribution in [0.1, 0.15) is 19.4 Å². The first-order valence-electron chi connectivity index (χ1n) is 4.51. The predicted molar refractivity (Wildman–Crippen MR) is 64.4 cm³/mol. The average Bonchev–Trinajstić information content (AvgIpc) is 2.33. The highest BCUT2D eigenvalue weighted by atomic mass is 79.9. The standard InChI is InChI=1S/C8H10O2.C2H6.CH3Br/c1-9-10-7-8-5-3-2-4-6-8;2*1-2/h2-6H,7H2,1H3;1-2H3;1H3. The third-order valence-electron chi connectivity index (χ3n) is 1.19. The first-order valence-corrected chi connectivity index (χ1v) is 6.09. The molecule has 0 aliphatic rings. The lowest BCUT2D eigenvalue weighted by Crippen LogP contribution is -1.89. The fourth-order valence-corrected chi connectivity index (χ4v) is 0.701. The molecule has 14 heavy (non-hydrogen) atoms. The van der Waals surface area contributed by atoms with Crippen LogP contribution in [0.2, 0.25) is 0 Å². The maximum absolute atomic E-state index is 4.72. The van der Waals surface area contributed by atoms with E-state index in [-0.39, 0.29) is 0 Å². The van der Waals surface area contributed by atoms with Crippen LogP contribution in [0.3, 0.4) is 0 Å². The van der Waals surface area contributed by atoms with Gasteiger partial charge < -0.3 is 0 Å². The first kappa shape index (κ1) is 16.1. The van der Waals surface area contributed by atoms with Crippen LogP contribution in [0, 0.1) is 0 Å². The molecule has 0 unspecified atom stereocenters. The Morgan fingerprint density at radius 3 is 2.00 bits per heavy atom. The van der Waals surface area contributed by atoms with E-state index in [1.165, 1.54) is 7.11 Å². The Morgan fingerprint density at radius 2 is 1.57 bits per heavy atom. The second-order valence-electron chi connectivity index (χ2n) is 1.91. The van der Waals surface area contributed by atoms with Gasteiger partial charge in [-0.2, -0.15) is 0 Å². The smallest absolute Gasteiger partial charge is 0.107 e. The van der Waals surface area contributed by atoms with E-state index < -0.39 is 0 Å². The van der Waals surface area contributed by atoms with Gasteiger partial charge in [0.15, 0.2) is 0 Å². The number of benzene rings is 1. The van der Waals surface area contributed by atoms with Gasteiger partial charge in [0.2, 0.25) is 0 Å². The van der Waals surface area contributed by atoms with Crippen molar-refractivity contribution in [1.29, 1.82) is 0 Å². The van der Waals surface area contributed by atoms with Crippen molar-refractivity contribution in [3.05, 3.63) is 35.9 Å². The third kappa shape index (κ3) is 9.71. The van der Waals surface area contributed by atoms with E-state index in [2.05, 4.69) is 20.8 Å². The van der Waals surface area contributed by atoms with Crippen molar-refractivity contribution in [2.24, 2.45) is 0 Å². The molecule has 0 atom stereocenters. The summed E-state index contributed by atoms with van der Waals surface area (Å²) in [7, 11) is 1.50. The zero-order chi connectivity index (χ0) is 11.2. The highest BCUT2D eigenvalue weighted by Crippen LogP contribution is 1.99. The fraction of sp³-hybridized carbons (Fsp3) is 0.455. The molecule has 0 saturated carbocycles. The van der Waals surface area contributed by atoms with Crippen molar-refractivity contribution < 1.29 is 9.78 Å². The van der Waals surface area contributed by atoms with Crippen LogP contribution in [0.5, 0.6) is 0 Å². The summed E-state index contributed by atoms with van der Waals surface area (Å²) < 4.78 is 0. The van der Waals surface area contributed by atoms with Crippen LogP contribution < -0.4 is 0 Å². The van der Waals surface area contributed by atoms with Gasteiger partial charge in [0.25, 0.3) is 0 Å². The monoisotopic (exact) mass is 262 g/mol. The number of hydrogen-bond donors (Lipinski definition) is 0.